The monoisotopic (exact) mass is 294 g/mol. The maximum Gasteiger partial charge on any atom is 0.325 e. The highest BCUT2D eigenvalue weighted by atomic mass is 16.2. The number of carbonyl (C=O) groups excluding carboxylic acids is 3. The minimum atomic E-state index is -0.823. The van der Waals surface area contributed by atoms with E-state index in [0.717, 1.165) is 43.7 Å². The van der Waals surface area contributed by atoms with E-state index in [9.17, 15) is 14.4 Å². The molecular weight excluding hydrogens is 272 g/mol. The topological polar surface area (TPSA) is 81.8 Å². The number of nitrogens with zero attached hydrogens (tertiary/aromatic N) is 2. The van der Waals surface area contributed by atoms with E-state index in [0.29, 0.717) is 19.5 Å². The lowest BCUT2D eigenvalue weighted by Gasteiger charge is -2.23. The fraction of sp³-hybridized carbons (Fsp3) is 0.786. The molecule has 3 rings (SSSR count). The molecule has 116 valence electrons. The van der Waals surface area contributed by atoms with E-state index in [2.05, 4.69) is 10.6 Å². The third-order valence-corrected chi connectivity index (χ3v) is 4.65. The fourth-order valence-corrected chi connectivity index (χ4v) is 3.36. The SMILES string of the molecule is O=C(CN1C(=O)NC2(CCNC2)C1=O)N1CCCCCC1. The molecule has 7 heteroatoms. The predicted octanol–water partition coefficient (Wildman–Crippen LogP) is -0.327. The van der Waals surface area contributed by atoms with E-state index in [-0.39, 0.29) is 18.4 Å². The van der Waals surface area contributed by atoms with Crippen molar-refractivity contribution in [2.45, 2.75) is 37.6 Å². The van der Waals surface area contributed by atoms with Gasteiger partial charge >= 0.3 is 6.03 Å². The Hall–Kier alpha value is -1.63. The highest BCUT2D eigenvalue weighted by Crippen LogP contribution is 2.24. The summed E-state index contributed by atoms with van der Waals surface area (Å²) in [6, 6.07) is -0.438. The van der Waals surface area contributed by atoms with Crippen LogP contribution in [0.4, 0.5) is 4.79 Å². The molecule has 1 spiro atoms. The first-order chi connectivity index (χ1) is 10.1. The Kier molecular flexibility index (Phi) is 3.84. The molecular formula is C14H22N4O3. The first kappa shape index (κ1) is 14.3. The van der Waals surface area contributed by atoms with Crippen LogP contribution in [0, 0.1) is 0 Å². The van der Waals surface area contributed by atoms with Gasteiger partial charge in [-0.3, -0.25) is 14.5 Å². The second-order valence-corrected chi connectivity index (χ2v) is 6.13. The van der Waals surface area contributed by atoms with E-state index in [4.69, 9.17) is 0 Å². The van der Waals surface area contributed by atoms with Gasteiger partial charge in [0.05, 0.1) is 0 Å². The van der Waals surface area contributed by atoms with Crippen molar-refractivity contribution in [2.75, 3.05) is 32.7 Å². The highest BCUT2D eigenvalue weighted by Gasteiger charge is 2.53. The molecule has 0 saturated carbocycles. The summed E-state index contributed by atoms with van der Waals surface area (Å²) >= 11 is 0. The maximum absolute atomic E-state index is 12.5. The summed E-state index contributed by atoms with van der Waals surface area (Å²) in [7, 11) is 0. The Morgan fingerprint density at radius 2 is 1.86 bits per heavy atom. The average molecular weight is 294 g/mol. The van der Waals surface area contributed by atoms with E-state index in [1.807, 2.05) is 0 Å². The first-order valence-electron chi connectivity index (χ1n) is 7.75. The molecule has 3 aliphatic heterocycles. The van der Waals surface area contributed by atoms with Gasteiger partial charge in [-0.25, -0.2) is 4.79 Å². The smallest absolute Gasteiger partial charge is 0.325 e. The highest BCUT2D eigenvalue weighted by molar-refractivity contribution is 6.09. The normalized spacial score (nSPS) is 29.9. The number of hydrogen-bond donors (Lipinski definition) is 2. The molecule has 2 N–H and O–H groups in total. The van der Waals surface area contributed by atoms with E-state index < -0.39 is 11.6 Å². The van der Waals surface area contributed by atoms with Crippen molar-refractivity contribution in [3.8, 4) is 0 Å². The van der Waals surface area contributed by atoms with Gasteiger partial charge in [0.25, 0.3) is 5.91 Å². The van der Waals surface area contributed by atoms with Gasteiger partial charge in [0.15, 0.2) is 0 Å². The molecule has 0 aromatic carbocycles. The minimum absolute atomic E-state index is 0.122. The molecule has 3 aliphatic rings. The van der Waals surface area contributed by atoms with Gasteiger partial charge in [-0.1, -0.05) is 12.8 Å². The Morgan fingerprint density at radius 1 is 1.14 bits per heavy atom. The lowest BCUT2D eigenvalue weighted by molar-refractivity contribution is -0.138. The number of carbonyl (C=O) groups is 3. The molecule has 3 heterocycles. The van der Waals surface area contributed by atoms with Gasteiger partial charge < -0.3 is 15.5 Å². The summed E-state index contributed by atoms with van der Waals surface area (Å²) in [5.74, 6) is -0.385. The molecule has 0 bridgehead atoms. The molecule has 0 radical (unpaired) electrons. The third-order valence-electron chi connectivity index (χ3n) is 4.65. The summed E-state index contributed by atoms with van der Waals surface area (Å²) in [5, 5.41) is 5.85. The van der Waals surface area contributed by atoms with Crippen LogP contribution in [0.15, 0.2) is 0 Å². The van der Waals surface area contributed by atoms with Gasteiger partial charge in [0.2, 0.25) is 5.91 Å². The number of likely N-dealkylation sites (tertiary alicyclic amines) is 1. The lowest BCUT2D eigenvalue weighted by Crippen LogP contribution is -2.49. The zero-order chi connectivity index (χ0) is 14.9. The van der Waals surface area contributed by atoms with Crippen molar-refractivity contribution in [1.29, 1.82) is 0 Å². The molecule has 4 amide bonds. The summed E-state index contributed by atoms with van der Waals surface area (Å²) < 4.78 is 0. The average Bonchev–Trinajstić information content (AvgIpc) is 2.88. The second-order valence-electron chi connectivity index (χ2n) is 6.13. The Morgan fingerprint density at radius 3 is 2.48 bits per heavy atom. The van der Waals surface area contributed by atoms with E-state index in [1.54, 1.807) is 4.90 Å². The Balaban J connectivity index is 1.65. The van der Waals surface area contributed by atoms with E-state index in [1.165, 1.54) is 0 Å². The van der Waals surface area contributed by atoms with Crippen molar-refractivity contribution in [3.63, 3.8) is 0 Å². The van der Waals surface area contributed by atoms with Crippen LogP contribution in [0.25, 0.3) is 0 Å². The minimum Gasteiger partial charge on any atom is -0.341 e. The number of nitrogens with one attached hydrogen (secondary N) is 2. The molecule has 0 aromatic rings. The van der Waals surface area contributed by atoms with Crippen LogP contribution < -0.4 is 10.6 Å². The number of hydrogen-bond acceptors (Lipinski definition) is 4. The molecule has 7 nitrogen and oxygen atoms in total. The van der Waals surface area contributed by atoms with E-state index >= 15 is 0 Å². The fourth-order valence-electron chi connectivity index (χ4n) is 3.36. The van der Waals surface area contributed by atoms with Crippen molar-refractivity contribution in [1.82, 2.24) is 20.4 Å². The van der Waals surface area contributed by atoms with Crippen LogP contribution in [0.2, 0.25) is 0 Å². The third kappa shape index (κ3) is 2.62. The number of imide groups is 1. The second kappa shape index (κ2) is 5.63. The predicted molar refractivity (Wildman–Crippen MR) is 75.5 cm³/mol. The van der Waals surface area contributed by atoms with Crippen LogP contribution in [0.3, 0.4) is 0 Å². The molecule has 21 heavy (non-hydrogen) atoms. The standard InChI is InChI=1S/C14H22N4O3/c19-11(17-7-3-1-2-4-8-17)9-18-12(20)14(16-13(18)21)5-6-15-10-14/h15H,1-10H2,(H,16,21). The lowest BCUT2D eigenvalue weighted by atomic mass is 9.99. The molecule has 3 saturated heterocycles. The molecule has 0 aromatic heterocycles. The van der Waals surface area contributed by atoms with Crippen LogP contribution >= 0.6 is 0 Å². The van der Waals surface area contributed by atoms with Crippen molar-refractivity contribution < 1.29 is 14.4 Å². The van der Waals surface area contributed by atoms with Crippen molar-refractivity contribution in [2.24, 2.45) is 0 Å². The Labute approximate surface area is 124 Å². The summed E-state index contributed by atoms with van der Waals surface area (Å²) in [6.07, 6.45) is 4.87. The number of rotatable bonds is 2. The molecule has 0 aliphatic carbocycles. The van der Waals surface area contributed by atoms with Crippen molar-refractivity contribution >= 4 is 17.8 Å². The van der Waals surface area contributed by atoms with Crippen LogP contribution in [-0.4, -0.2) is 65.9 Å². The zero-order valence-corrected chi connectivity index (χ0v) is 12.2. The van der Waals surface area contributed by atoms with Crippen LogP contribution in [0.1, 0.15) is 32.1 Å². The summed E-state index contributed by atoms with van der Waals surface area (Å²) in [5.41, 5.74) is -0.823. The van der Waals surface area contributed by atoms with Crippen LogP contribution in [-0.2, 0) is 9.59 Å². The number of urea groups is 1. The van der Waals surface area contributed by atoms with Gasteiger partial charge in [0, 0.05) is 19.6 Å². The zero-order valence-electron chi connectivity index (χ0n) is 12.2. The quantitative estimate of drug-likeness (QED) is 0.684. The molecule has 1 atom stereocenters. The van der Waals surface area contributed by atoms with Gasteiger partial charge in [0.1, 0.15) is 12.1 Å². The van der Waals surface area contributed by atoms with Gasteiger partial charge in [-0.05, 0) is 25.8 Å². The molecule has 3 fully saturated rings. The van der Waals surface area contributed by atoms with Crippen LogP contribution in [0.5, 0.6) is 0 Å². The molecule has 1 unspecified atom stereocenters. The Bertz CT molecular complexity index is 451. The largest absolute Gasteiger partial charge is 0.341 e. The van der Waals surface area contributed by atoms with Crippen molar-refractivity contribution in [3.05, 3.63) is 0 Å². The summed E-state index contributed by atoms with van der Waals surface area (Å²) in [4.78, 5) is 39.7. The van der Waals surface area contributed by atoms with Gasteiger partial charge in [-0.15, -0.1) is 0 Å². The first-order valence-corrected chi connectivity index (χ1v) is 7.75. The summed E-state index contributed by atoms with van der Waals surface area (Å²) in [6.45, 7) is 2.49. The number of amides is 4. The maximum atomic E-state index is 12.5. The van der Waals surface area contributed by atoms with Gasteiger partial charge in [-0.2, -0.15) is 0 Å².